The summed E-state index contributed by atoms with van der Waals surface area (Å²) in [7, 11) is 1.70. The molecule has 2 aromatic rings. The van der Waals surface area contributed by atoms with Crippen LogP contribution in [0.5, 0.6) is 5.75 Å². The lowest BCUT2D eigenvalue weighted by molar-refractivity contribution is 0.405. The van der Waals surface area contributed by atoms with Crippen LogP contribution in [0.3, 0.4) is 0 Å². The average Bonchev–Trinajstić information content (AvgIpc) is 2.46. The fraction of sp³-hybridized carbons (Fsp3) is 0.250. The summed E-state index contributed by atoms with van der Waals surface area (Å²) in [5.74, 6) is 1.17. The highest BCUT2D eigenvalue weighted by Gasteiger charge is 2.16. The summed E-state index contributed by atoms with van der Waals surface area (Å²) in [5.41, 5.74) is 8.39. The van der Waals surface area contributed by atoms with E-state index in [2.05, 4.69) is 40.2 Å². The Hall–Kier alpha value is -1.32. The summed E-state index contributed by atoms with van der Waals surface area (Å²) in [6.07, 6.45) is 0.901. The zero-order valence-corrected chi connectivity index (χ0v) is 12.6. The van der Waals surface area contributed by atoms with Crippen LogP contribution >= 0.6 is 15.9 Å². The predicted octanol–water partition coefficient (Wildman–Crippen LogP) is 3.74. The Kier molecular flexibility index (Phi) is 5.00. The van der Waals surface area contributed by atoms with Crippen molar-refractivity contribution in [2.75, 3.05) is 13.7 Å². The van der Waals surface area contributed by atoms with Gasteiger partial charge in [-0.2, -0.15) is 0 Å². The molecule has 0 heterocycles. The third-order valence-electron chi connectivity index (χ3n) is 3.29. The Balaban J connectivity index is 2.28. The third kappa shape index (κ3) is 3.37. The van der Waals surface area contributed by atoms with Crippen LogP contribution in [0, 0.1) is 0 Å². The van der Waals surface area contributed by atoms with Crippen molar-refractivity contribution in [1.82, 2.24) is 0 Å². The average molecular weight is 320 g/mol. The topological polar surface area (TPSA) is 35.2 Å². The van der Waals surface area contributed by atoms with Gasteiger partial charge in [-0.3, -0.25) is 0 Å². The zero-order chi connectivity index (χ0) is 13.7. The van der Waals surface area contributed by atoms with Gasteiger partial charge >= 0.3 is 0 Å². The minimum atomic E-state index is 0.259. The molecule has 2 rings (SSSR count). The Bertz CT molecular complexity index is 542. The maximum Gasteiger partial charge on any atom is 0.122 e. The molecule has 3 heteroatoms. The monoisotopic (exact) mass is 319 g/mol. The number of hydrogen-bond acceptors (Lipinski definition) is 2. The molecule has 0 aliphatic heterocycles. The van der Waals surface area contributed by atoms with Gasteiger partial charge in [-0.15, -0.1) is 0 Å². The van der Waals surface area contributed by atoms with Crippen molar-refractivity contribution in [2.45, 2.75) is 12.3 Å². The summed E-state index contributed by atoms with van der Waals surface area (Å²) >= 11 is 3.59. The molecule has 0 aromatic heterocycles. The number of nitrogens with two attached hydrogens (primary N) is 1. The molecular formula is C16H18BrNO. The molecule has 0 saturated heterocycles. The lowest BCUT2D eigenvalue weighted by atomic mass is 9.91. The highest BCUT2D eigenvalue weighted by atomic mass is 79.9. The van der Waals surface area contributed by atoms with Crippen LogP contribution in [0.1, 0.15) is 17.0 Å². The largest absolute Gasteiger partial charge is 0.496 e. The Morgan fingerprint density at radius 1 is 1.11 bits per heavy atom. The van der Waals surface area contributed by atoms with Crippen LogP contribution < -0.4 is 10.5 Å². The fourth-order valence-electron chi connectivity index (χ4n) is 2.25. The van der Waals surface area contributed by atoms with Gasteiger partial charge in [0.25, 0.3) is 0 Å². The molecule has 100 valence electrons. The molecule has 1 unspecified atom stereocenters. The van der Waals surface area contributed by atoms with E-state index in [1.165, 1.54) is 11.1 Å². The summed E-state index contributed by atoms with van der Waals surface area (Å²) in [6, 6.07) is 16.3. The van der Waals surface area contributed by atoms with E-state index in [4.69, 9.17) is 10.5 Å². The lowest BCUT2D eigenvalue weighted by Gasteiger charge is -2.19. The molecule has 0 saturated carbocycles. The first-order valence-electron chi connectivity index (χ1n) is 6.32. The predicted molar refractivity (Wildman–Crippen MR) is 82.6 cm³/mol. The van der Waals surface area contributed by atoms with E-state index in [-0.39, 0.29) is 5.92 Å². The van der Waals surface area contributed by atoms with Gasteiger partial charge in [0, 0.05) is 10.4 Å². The van der Waals surface area contributed by atoms with Crippen LogP contribution in [0.4, 0.5) is 0 Å². The van der Waals surface area contributed by atoms with Crippen molar-refractivity contribution < 1.29 is 4.74 Å². The summed E-state index contributed by atoms with van der Waals surface area (Å²) < 4.78 is 6.56. The van der Waals surface area contributed by atoms with Crippen molar-refractivity contribution in [3.05, 3.63) is 64.1 Å². The Morgan fingerprint density at radius 3 is 2.47 bits per heavy atom. The van der Waals surface area contributed by atoms with E-state index < -0.39 is 0 Å². The minimum absolute atomic E-state index is 0.259. The van der Waals surface area contributed by atoms with Crippen molar-refractivity contribution in [1.29, 1.82) is 0 Å². The summed E-state index contributed by atoms with van der Waals surface area (Å²) in [5, 5.41) is 0. The highest BCUT2D eigenvalue weighted by Crippen LogP contribution is 2.30. The quantitative estimate of drug-likeness (QED) is 0.911. The van der Waals surface area contributed by atoms with Gasteiger partial charge in [0.2, 0.25) is 0 Å². The van der Waals surface area contributed by atoms with Gasteiger partial charge in [-0.1, -0.05) is 52.3 Å². The van der Waals surface area contributed by atoms with Crippen molar-refractivity contribution in [3.63, 3.8) is 0 Å². The maximum absolute atomic E-state index is 5.96. The molecule has 0 bridgehead atoms. The second kappa shape index (κ2) is 6.73. The van der Waals surface area contributed by atoms with Crippen LogP contribution in [-0.2, 0) is 6.42 Å². The van der Waals surface area contributed by atoms with Crippen LogP contribution in [0.2, 0.25) is 0 Å². The number of benzene rings is 2. The van der Waals surface area contributed by atoms with E-state index in [0.29, 0.717) is 6.54 Å². The SMILES string of the molecule is COc1ccccc1C(CN)Cc1ccccc1Br. The Morgan fingerprint density at radius 2 is 1.79 bits per heavy atom. The van der Waals surface area contributed by atoms with E-state index >= 15 is 0 Å². The second-order valence-electron chi connectivity index (χ2n) is 4.47. The number of rotatable bonds is 5. The third-order valence-corrected chi connectivity index (χ3v) is 4.06. The molecule has 0 radical (unpaired) electrons. The van der Waals surface area contributed by atoms with Crippen LogP contribution in [-0.4, -0.2) is 13.7 Å². The normalized spacial score (nSPS) is 12.2. The smallest absolute Gasteiger partial charge is 0.122 e. The molecule has 0 aliphatic carbocycles. The number of methoxy groups -OCH3 is 1. The first-order chi connectivity index (χ1) is 9.26. The summed E-state index contributed by atoms with van der Waals surface area (Å²) in [4.78, 5) is 0. The van der Waals surface area contributed by atoms with Crippen molar-refractivity contribution >= 4 is 15.9 Å². The van der Waals surface area contributed by atoms with Crippen molar-refractivity contribution in [3.8, 4) is 5.75 Å². The first-order valence-corrected chi connectivity index (χ1v) is 7.12. The van der Waals surface area contributed by atoms with Crippen LogP contribution in [0.15, 0.2) is 53.0 Å². The molecule has 0 fully saturated rings. The van der Waals surface area contributed by atoms with Crippen molar-refractivity contribution in [2.24, 2.45) is 5.73 Å². The zero-order valence-electron chi connectivity index (χ0n) is 11.0. The number of para-hydroxylation sites is 1. The molecule has 2 aromatic carbocycles. The maximum atomic E-state index is 5.96. The van der Waals surface area contributed by atoms with Gasteiger partial charge < -0.3 is 10.5 Å². The van der Waals surface area contributed by atoms with Gasteiger partial charge in [0.05, 0.1) is 7.11 Å². The molecule has 2 nitrogen and oxygen atoms in total. The van der Waals surface area contributed by atoms with Gasteiger partial charge in [0.15, 0.2) is 0 Å². The minimum Gasteiger partial charge on any atom is -0.496 e. The van der Waals surface area contributed by atoms with Crippen LogP contribution in [0.25, 0.3) is 0 Å². The Labute approximate surface area is 122 Å². The lowest BCUT2D eigenvalue weighted by Crippen LogP contribution is -2.16. The van der Waals surface area contributed by atoms with Gasteiger partial charge in [-0.05, 0) is 36.2 Å². The fourth-order valence-corrected chi connectivity index (χ4v) is 2.70. The van der Waals surface area contributed by atoms with Gasteiger partial charge in [-0.25, -0.2) is 0 Å². The molecule has 0 aliphatic rings. The molecule has 2 N–H and O–H groups in total. The standard InChI is InChI=1S/C16H18BrNO/c1-19-16-9-5-3-7-14(16)13(11-18)10-12-6-2-4-8-15(12)17/h2-9,13H,10-11,18H2,1H3. The van der Waals surface area contributed by atoms with Gasteiger partial charge in [0.1, 0.15) is 5.75 Å². The molecule has 1 atom stereocenters. The second-order valence-corrected chi connectivity index (χ2v) is 5.32. The number of hydrogen-bond donors (Lipinski definition) is 1. The molecule has 19 heavy (non-hydrogen) atoms. The number of halogens is 1. The highest BCUT2D eigenvalue weighted by molar-refractivity contribution is 9.10. The van der Waals surface area contributed by atoms with E-state index in [0.717, 1.165) is 16.6 Å². The summed E-state index contributed by atoms with van der Waals surface area (Å²) in [6.45, 7) is 0.599. The first kappa shape index (κ1) is 14.1. The molecule has 0 amide bonds. The van der Waals surface area contributed by atoms with E-state index in [1.54, 1.807) is 7.11 Å². The molecular weight excluding hydrogens is 302 g/mol. The number of ether oxygens (including phenoxy) is 1. The molecule has 0 spiro atoms. The van der Waals surface area contributed by atoms with E-state index in [9.17, 15) is 0 Å². The van der Waals surface area contributed by atoms with E-state index in [1.807, 2.05) is 24.3 Å².